The number of thiophene rings is 1. The Labute approximate surface area is 145 Å². The molecular formula is C19H21NO3S. The third kappa shape index (κ3) is 5.06. The molecule has 2 rings (SSSR count). The van der Waals surface area contributed by atoms with Crippen molar-refractivity contribution in [2.45, 2.75) is 26.8 Å². The molecule has 0 aliphatic rings. The Morgan fingerprint density at radius 3 is 2.54 bits per heavy atom. The summed E-state index contributed by atoms with van der Waals surface area (Å²) in [6, 6.07) is 10.0. The van der Waals surface area contributed by atoms with E-state index in [-0.39, 0.29) is 5.41 Å². The summed E-state index contributed by atoms with van der Waals surface area (Å²) < 4.78 is 0. The van der Waals surface area contributed by atoms with E-state index < -0.39 is 17.9 Å². The maximum Gasteiger partial charge on any atom is 0.330 e. The van der Waals surface area contributed by atoms with E-state index in [0.29, 0.717) is 5.56 Å². The van der Waals surface area contributed by atoms with Crippen molar-refractivity contribution in [1.82, 2.24) is 5.32 Å². The molecule has 126 valence electrons. The van der Waals surface area contributed by atoms with E-state index in [0.717, 1.165) is 10.4 Å². The SMILES string of the molecule is CC(C)(C)C=CC(NC(=O)c1cccc(-c2cccs2)c1)C(=O)O. The van der Waals surface area contributed by atoms with Gasteiger partial charge in [-0.3, -0.25) is 4.79 Å². The fraction of sp³-hybridized carbons (Fsp3) is 0.263. The highest BCUT2D eigenvalue weighted by molar-refractivity contribution is 7.13. The van der Waals surface area contributed by atoms with Crippen LogP contribution in [0.1, 0.15) is 31.1 Å². The molecule has 2 aromatic rings. The summed E-state index contributed by atoms with van der Waals surface area (Å²) >= 11 is 1.59. The second-order valence-electron chi connectivity index (χ2n) is 6.57. The van der Waals surface area contributed by atoms with Crippen LogP contribution < -0.4 is 5.32 Å². The molecule has 0 saturated carbocycles. The number of nitrogens with one attached hydrogen (secondary N) is 1. The van der Waals surface area contributed by atoms with Crippen LogP contribution in [0, 0.1) is 5.41 Å². The van der Waals surface area contributed by atoms with E-state index in [1.54, 1.807) is 35.6 Å². The molecular weight excluding hydrogens is 322 g/mol. The Hall–Kier alpha value is -2.40. The summed E-state index contributed by atoms with van der Waals surface area (Å²) in [5.41, 5.74) is 1.23. The predicted molar refractivity (Wildman–Crippen MR) is 97.2 cm³/mol. The zero-order valence-corrected chi connectivity index (χ0v) is 14.8. The number of rotatable bonds is 5. The van der Waals surface area contributed by atoms with E-state index in [1.807, 2.05) is 44.4 Å². The zero-order chi connectivity index (χ0) is 17.7. The van der Waals surface area contributed by atoms with Gasteiger partial charge in [0.15, 0.2) is 0 Å². The maximum atomic E-state index is 12.4. The Kier molecular flexibility index (Phi) is 5.57. The van der Waals surface area contributed by atoms with Crippen molar-refractivity contribution >= 4 is 23.2 Å². The first-order valence-corrected chi connectivity index (χ1v) is 8.51. The van der Waals surface area contributed by atoms with Crippen LogP contribution in [0.3, 0.4) is 0 Å². The van der Waals surface area contributed by atoms with Crippen molar-refractivity contribution in [3.63, 3.8) is 0 Å². The summed E-state index contributed by atoms with van der Waals surface area (Å²) in [4.78, 5) is 24.8. The van der Waals surface area contributed by atoms with E-state index in [4.69, 9.17) is 0 Å². The Balaban J connectivity index is 2.17. The Morgan fingerprint density at radius 1 is 1.21 bits per heavy atom. The van der Waals surface area contributed by atoms with Crippen molar-refractivity contribution in [3.8, 4) is 10.4 Å². The summed E-state index contributed by atoms with van der Waals surface area (Å²) in [6.45, 7) is 5.90. The molecule has 1 amide bonds. The maximum absolute atomic E-state index is 12.4. The molecule has 0 saturated heterocycles. The number of allylic oxidation sites excluding steroid dienone is 1. The third-order valence-corrected chi connectivity index (χ3v) is 4.19. The lowest BCUT2D eigenvalue weighted by Gasteiger charge is -2.15. The van der Waals surface area contributed by atoms with E-state index in [1.165, 1.54) is 6.08 Å². The van der Waals surface area contributed by atoms with Crippen LogP contribution in [0.4, 0.5) is 0 Å². The summed E-state index contributed by atoms with van der Waals surface area (Å²) in [6.07, 6.45) is 3.30. The highest BCUT2D eigenvalue weighted by Gasteiger charge is 2.19. The molecule has 24 heavy (non-hydrogen) atoms. The molecule has 0 fully saturated rings. The van der Waals surface area contributed by atoms with Crippen molar-refractivity contribution < 1.29 is 14.7 Å². The van der Waals surface area contributed by atoms with Gasteiger partial charge in [0, 0.05) is 10.4 Å². The number of amides is 1. The Bertz CT molecular complexity index is 742. The average molecular weight is 343 g/mol. The van der Waals surface area contributed by atoms with Crippen LogP contribution in [-0.4, -0.2) is 23.0 Å². The van der Waals surface area contributed by atoms with Gasteiger partial charge < -0.3 is 10.4 Å². The fourth-order valence-electron chi connectivity index (χ4n) is 2.06. The van der Waals surface area contributed by atoms with E-state index in [9.17, 15) is 14.7 Å². The van der Waals surface area contributed by atoms with Gasteiger partial charge in [-0.05, 0) is 34.6 Å². The van der Waals surface area contributed by atoms with Crippen molar-refractivity contribution in [3.05, 3.63) is 59.5 Å². The van der Waals surface area contributed by atoms with Crippen LogP contribution in [0.15, 0.2) is 53.9 Å². The first-order valence-electron chi connectivity index (χ1n) is 7.63. The minimum absolute atomic E-state index is 0.155. The smallest absolute Gasteiger partial charge is 0.330 e. The predicted octanol–water partition coefficient (Wildman–Crippen LogP) is 4.20. The second kappa shape index (κ2) is 7.45. The standard InChI is InChI=1S/C19H21NO3S/c1-19(2,3)10-9-15(18(22)23)20-17(21)14-7-4-6-13(12-14)16-8-5-11-24-16/h4-12,15H,1-3H3,(H,20,21)(H,22,23). The molecule has 1 heterocycles. The molecule has 1 aromatic carbocycles. The normalized spacial score (nSPS) is 13.0. The largest absolute Gasteiger partial charge is 0.479 e. The van der Waals surface area contributed by atoms with Crippen molar-refractivity contribution in [2.75, 3.05) is 0 Å². The van der Waals surface area contributed by atoms with Crippen LogP contribution in [0.2, 0.25) is 0 Å². The molecule has 5 heteroatoms. The van der Waals surface area contributed by atoms with Gasteiger partial charge >= 0.3 is 5.97 Å². The summed E-state index contributed by atoms with van der Waals surface area (Å²) in [7, 11) is 0. The van der Waals surface area contributed by atoms with Gasteiger partial charge in [-0.2, -0.15) is 0 Å². The molecule has 0 radical (unpaired) electrons. The molecule has 0 spiro atoms. The lowest BCUT2D eigenvalue weighted by atomic mass is 9.95. The van der Waals surface area contributed by atoms with Crippen LogP contribution in [-0.2, 0) is 4.79 Å². The zero-order valence-electron chi connectivity index (χ0n) is 13.9. The minimum Gasteiger partial charge on any atom is -0.479 e. The van der Waals surface area contributed by atoms with Gasteiger partial charge in [0.25, 0.3) is 5.91 Å². The molecule has 0 bridgehead atoms. The fourth-order valence-corrected chi connectivity index (χ4v) is 2.78. The second-order valence-corrected chi connectivity index (χ2v) is 7.52. The summed E-state index contributed by atoms with van der Waals surface area (Å²) in [5.74, 6) is -1.49. The van der Waals surface area contributed by atoms with Crippen molar-refractivity contribution in [1.29, 1.82) is 0 Å². The number of hydrogen-bond donors (Lipinski definition) is 2. The lowest BCUT2D eigenvalue weighted by Crippen LogP contribution is -2.39. The number of carbonyl (C=O) groups excluding carboxylic acids is 1. The first-order chi connectivity index (χ1) is 11.3. The van der Waals surface area contributed by atoms with Gasteiger partial charge in [0.05, 0.1) is 0 Å². The number of carbonyl (C=O) groups is 2. The number of carboxylic acid groups (broad SMARTS) is 1. The molecule has 1 unspecified atom stereocenters. The number of benzene rings is 1. The molecule has 2 N–H and O–H groups in total. The van der Waals surface area contributed by atoms with Crippen molar-refractivity contribution in [2.24, 2.45) is 5.41 Å². The lowest BCUT2D eigenvalue weighted by molar-refractivity contribution is -0.137. The highest BCUT2D eigenvalue weighted by Crippen LogP contribution is 2.25. The molecule has 0 aliphatic carbocycles. The van der Waals surface area contributed by atoms with Crippen LogP contribution in [0.5, 0.6) is 0 Å². The topological polar surface area (TPSA) is 66.4 Å². The average Bonchev–Trinajstić information content (AvgIpc) is 3.04. The van der Waals surface area contributed by atoms with Gasteiger partial charge in [0.2, 0.25) is 0 Å². The third-order valence-electron chi connectivity index (χ3n) is 3.27. The van der Waals surface area contributed by atoms with Gasteiger partial charge in [-0.25, -0.2) is 4.79 Å². The number of hydrogen-bond acceptors (Lipinski definition) is 3. The first kappa shape index (κ1) is 17.9. The quantitative estimate of drug-likeness (QED) is 0.800. The molecule has 1 aromatic heterocycles. The molecule has 0 aliphatic heterocycles. The molecule has 1 atom stereocenters. The van der Waals surface area contributed by atoms with Crippen LogP contribution in [0.25, 0.3) is 10.4 Å². The van der Waals surface area contributed by atoms with E-state index >= 15 is 0 Å². The number of aliphatic carboxylic acids is 1. The summed E-state index contributed by atoms with van der Waals surface area (Å²) in [5, 5.41) is 13.8. The van der Waals surface area contributed by atoms with E-state index in [2.05, 4.69) is 5.32 Å². The highest BCUT2D eigenvalue weighted by atomic mass is 32.1. The monoisotopic (exact) mass is 343 g/mol. The van der Waals surface area contributed by atoms with Gasteiger partial charge in [-0.1, -0.05) is 51.1 Å². The number of carboxylic acids is 1. The molecule has 4 nitrogen and oxygen atoms in total. The minimum atomic E-state index is -1.08. The Morgan fingerprint density at radius 2 is 1.96 bits per heavy atom. The van der Waals surface area contributed by atoms with Gasteiger partial charge in [-0.15, -0.1) is 11.3 Å². The van der Waals surface area contributed by atoms with Gasteiger partial charge in [0.1, 0.15) is 6.04 Å². The van der Waals surface area contributed by atoms with Crippen LogP contribution >= 0.6 is 11.3 Å².